The Labute approximate surface area is 484 Å². The van der Waals surface area contributed by atoms with Crippen LogP contribution in [0.25, 0.3) is 0 Å². The maximum atomic E-state index is 2.42. The molecule has 0 unspecified atom stereocenters. The molecule has 0 aromatic heterocycles. The molecule has 0 saturated heterocycles. The Hall–Kier alpha value is -0.0400. The first-order valence-corrected chi connectivity index (χ1v) is 32.5. The normalized spacial score (nSPS) is 14.4. The van der Waals surface area contributed by atoms with Crippen LogP contribution >= 0.6 is 0 Å². The van der Waals surface area contributed by atoms with Gasteiger partial charge in [-0.25, -0.2) is 0 Å². The molecule has 0 aliphatic heterocycles. The molecule has 1 aliphatic rings. The molecule has 0 aromatic rings. The van der Waals surface area contributed by atoms with Crippen molar-refractivity contribution >= 4 is 0 Å². The molecule has 0 spiro atoms. The van der Waals surface area contributed by atoms with E-state index in [2.05, 4.69) is 261 Å². The molecule has 1 heteroatoms. The van der Waals surface area contributed by atoms with Crippen molar-refractivity contribution in [1.29, 1.82) is 0 Å². The van der Waals surface area contributed by atoms with E-state index >= 15 is 0 Å². The second-order valence-electron chi connectivity index (χ2n) is 38.0. The highest BCUT2D eigenvalue weighted by Gasteiger charge is 2.21. The number of nitrogens with zero attached hydrogens (tertiary/aromatic N) is 1. The third-order valence-electron chi connectivity index (χ3n) is 13.1. The first kappa shape index (κ1) is 86.2. The van der Waals surface area contributed by atoms with Gasteiger partial charge in [-0.1, -0.05) is 326 Å². The fraction of sp³-hybridized carbons (Fsp3) is 1.00. The van der Waals surface area contributed by atoms with E-state index in [1.807, 2.05) is 0 Å². The van der Waals surface area contributed by atoms with Crippen LogP contribution in [0.3, 0.4) is 0 Å². The van der Waals surface area contributed by atoms with E-state index in [9.17, 15) is 0 Å². The Morgan fingerprint density at radius 1 is 0.280 bits per heavy atom. The first-order chi connectivity index (χ1) is 32.8. The standard InChI is InChI=1S/C12H26.C11H25N.C11H22.C11H24.2C10H22.C9H20/c1-11(2,3)9-7-8-10-12(4,5)6;1-10(2,3)8-12(7)9-11(4,5)6;1-11(2,3)9-8-10-6-4-5-7-10;1-10(2)8-6-7-9-11(3,4)5;1-9(2,3)7-8-10(4,5)6;1-9(2)7-6-8-10(3,4)5;1-8(2)6-7-9(3,4)5/h7-10H2,1-6H3;8-9H2,1-7H3;10H,4-9H2,1-3H3;10H,6-9H2,1-5H3;7-8H2,1-6H3;9H,6-8H2,1-5H3;8H,6-7H2,1-5H3. The second-order valence-corrected chi connectivity index (χ2v) is 38.0. The number of hydrogen-bond acceptors (Lipinski definition) is 1. The summed E-state index contributed by atoms with van der Waals surface area (Å²) in [6, 6.07) is 0. The summed E-state index contributed by atoms with van der Waals surface area (Å²) in [4.78, 5) is 2.42. The predicted molar refractivity (Wildman–Crippen MR) is 357 cm³/mol. The van der Waals surface area contributed by atoms with Crippen LogP contribution in [0.1, 0.15) is 384 Å². The molecule has 0 radical (unpaired) electrons. The van der Waals surface area contributed by atoms with Crippen molar-refractivity contribution < 1.29 is 0 Å². The van der Waals surface area contributed by atoms with Gasteiger partial charge in [0.15, 0.2) is 0 Å². The van der Waals surface area contributed by atoms with Gasteiger partial charge in [-0.2, -0.15) is 0 Å². The summed E-state index contributed by atoms with van der Waals surface area (Å²) in [5.74, 6) is 3.70. The molecule has 0 atom stereocenters. The summed E-state index contributed by atoms with van der Waals surface area (Å²) in [6.45, 7) is 85.4. The molecule has 1 aliphatic carbocycles. The van der Waals surface area contributed by atoms with Gasteiger partial charge in [-0.15, -0.1) is 0 Å². The maximum Gasteiger partial charge on any atom is 0.00272 e. The summed E-state index contributed by atoms with van der Waals surface area (Å²) in [6.07, 6.45) is 29.5. The molecule has 1 fully saturated rings. The molecular formula is C74H161N. The molecule has 0 heterocycles. The van der Waals surface area contributed by atoms with Gasteiger partial charge in [0.05, 0.1) is 0 Å². The molecule has 75 heavy (non-hydrogen) atoms. The van der Waals surface area contributed by atoms with Gasteiger partial charge in [-0.05, 0) is 143 Å². The van der Waals surface area contributed by atoms with Crippen LogP contribution in [-0.2, 0) is 0 Å². The van der Waals surface area contributed by atoms with Crippen molar-refractivity contribution in [2.75, 3.05) is 20.1 Å². The van der Waals surface area contributed by atoms with Crippen molar-refractivity contribution in [2.45, 2.75) is 384 Å². The quantitative estimate of drug-likeness (QED) is 0.131. The van der Waals surface area contributed by atoms with E-state index in [0.29, 0.717) is 54.1 Å². The van der Waals surface area contributed by atoms with Gasteiger partial charge in [0.1, 0.15) is 0 Å². The molecule has 1 saturated carbocycles. The Bertz CT molecular complexity index is 1150. The lowest BCUT2D eigenvalue weighted by atomic mass is 9.81. The average Bonchev–Trinajstić information content (AvgIpc) is 3.64. The molecule has 1 rings (SSSR count). The van der Waals surface area contributed by atoms with Crippen molar-refractivity contribution in [3.05, 3.63) is 0 Å². The number of hydrogen-bond donors (Lipinski definition) is 0. The third-order valence-corrected chi connectivity index (χ3v) is 13.1. The highest BCUT2D eigenvalue weighted by Crippen LogP contribution is 2.33. The Morgan fingerprint density at radius 3 is 0.747 bits per heavy atom. The molecule has 0 bridgehead atoms. The van der Waals surface area contributed by atoms with Gasteiger partial charge >= 0.3 is 0 Å². The highest BCUT2D eigenvalue weighted by molar-refractivity contribution is 4.73. The van der Waals surface area contributed by atoms with E-state index in [1.54, 1.807) is 0 Å². The number of unbranched alkanes of at least 4 members (excludes halogenated alkanes) is 2. The van der Waals surface area contributed by atoms with Gasteiger partial charge in [0, 0.05) is 13.1 Å². The highest BCUT2D eigenvalue weighted by atomic mass is 15.1. The zero-order valence-corrected chi connectivity index (χ0v) is 61.0. The van der Waals surface area contributed by atoms with Crippen molar-refractivity contribution in [3.63, 3.8) is 0 Å². The Balaban J connectivity index is -0.000000186. The minimum Gasteiger partial charge on any atom is -0.305 e. The SMILES string of the molecule is CC(C)(C)CCC(C)(C)C.CC(C)(C)CCC1CCCC1.CC(C)(C)CCCCC(C)(C)C.CC(C)CCC(C)(C)C.CC(C)CCCC(C)(C)C.CC(C)CCCCC(C)(C)C.CN(CC(C)(C)C)CC(C)(C)C. The van der Waals surface area contributed by atoms with Gasteiger partial charge < -0.3 is 4.90 Å². The fourth-order valence-corrected chi connectivity index (χ4v) is 8.64. The zero-order chi connectivity index (χ0) is 61.2. The largest absolute Gasteiger partial charge is 0.305 e. The average molecular weight is 1070 g/mol. The molecule has 0 N–H and O–H groups in total. The van der Waals surface area contributed by atoms with Crippen LogP contribution in [0.5, 0.6) is 0 Å². The summed E-state index contributed by atoms with van der Waals surface area (Å²) in [5.41, 5.74) is 5.06. The summed E-state index contributed by atoms with van der Waals surface area (Å²) in [5, 5.41) is 0. The third kappa shape index (κ3) is 107. The summed E-state index contributed by atoms with van der Waals surface area (Å²) in [7, 11) is 2.20. The van der Waals surface area contributed by atoms with Gasteiger partial charge in [0.2, 0.25) is 0 Å². The molecule has 462 valence electrons. The van der Waals surface area contributed by atoms with Gasteiger partial charge in [-0.3, -0.25) is 0 Å². The van der Waals surface area contributed by atoms with E-state index in [4.69, 9.17) is 0 Å². The second kappa shape index (κ2) is 41.0. The summed E-state index contributed by atoms with van der Waals surface area (Å²) >= 11 is 0. The Morgan fingerprint density at radius 2 is 0.520 bits per heavy atom. The fourth-order valence-electron chi connectivity index (χ4n) is 8.64. The predicted octanol–water partition coefficient (Wildman–Crippen LogP) is 27.1. The van der Waals surface area contributed by atoms with E-state index in [-0.39, 0.29) is 0 Å². The van der Waals surface area contributed by atoms with Crippen LogP contribution in [0.15, 0.2) is 0 Å². The zero-order valence-electron chi connectivity index (χ0n) is 61.0. The van der Waals surface area contributed by atoms with E-state index in [0.717, 1.165) is 23.7 Å². The molecular weight excluding hydrogens is 903 g/mol. The lowest BCUT2D eigenvalue weighted by Gasteiger charge is -2.31. The van der Waals surface area contributed by atoms with Crippen LogP contribution < -0.4 is 0 Å². The van der Waals surface area contributed by atoms with E-state index in [1.165, 1.54) is 148 Å². The summed E-state index contributed by atoms with van der Waals surface area (Å²) < 4.78 is 0. The van der Waals surface area contributed by atoms with Crippen LogP contribution in [0.4, 0.5) is 0 Å². The lowest BCUT2D eigenvalue weighted by Crippen LogP contribution is -2.35. The van der Waals surface area contributed by atoms with Crippen LogP contribution in [-0.4, -0.2) is 25.0 Å². The van der Waals surface area contributed by atoms with Gasteiger partial charge in [0.25, 0.3) is 0 Å². The van der Waals surface area contributed by atoms with E-state index < -0.39 is 0 Å². The minimum atomic E-state index is 0.417. The molecule has 0 amide bonds. The van der Waals surface area contributed by atoms with Crippen LogP contribution in [0, 0.1) is 77.8 Å². The van der Waals surface area contributed by atoms with Crippen molar-refractivity contribution in [2.24, 2.45) is 77.8 Å². The minimum absolute atomic E-state index is 0.417. The topological polar surface area (TPSA) is 3.24 Å². The van der Waals surface area contributed by atoms with Crippen molar-refractivity contribution in [1.82, 2.24) is 4.90 Å². The monoisotopic (exact) mass is 1060 g/mol. The van der Waals surface area contributed by atoms with Crippen molar-refractivity contribution in [3.8, 4) is 0 Å². The lowest BCUT2D eigenvalue weighted by molar-refractivity contribution is 0.171. The number of rotatable bonds is 17. The first-order valence-electron chi connectivity index (χ1n) is 32.5. The smallest absolute Gasteiger partial charge is 0.00272 e. The van der Waals surface area contributed by atoms with Crippen LogP contribution in [0.2, 0.25) is 0 Å². The maximum absolute atomic E-state index is 2.42. The molecule has 0 aromatic carbocycles. The molecule has 1 nitrogen and oxygen atoms in total. The Kier molecular flexibility index (Phi) is 47.2.